The molecule has 1 atom stereocenters. The van der Waals surface area contributed by atoms with E-state index in [1.165, 1.54) is 23.9 Å². The number of halogens is 1. The summed E-state index contributed by atoms with van der Waals surface area (Å²) in [6.45, 7) is 4.53. The number of anilines is 1. The first-order valence-electron chi connectivity index (χ1n) is 10.1. The minimum atomic E-state index is -0.328. The number of nitrogens with zero attached hydrogens (tertiary/aromatic N) is 7. The standard InChI is InChI=1S/C21H20FN7O2S/c1-14(19-24-18(27-31-19)15-4-3-7-23-13-15)32-21-26-25-20(28-8-10-30-11-9-28)29(21)17-6-2-5-16(22)12-17/h2-7,12-14H,8-11H2,1H3. The van der Waals surface area contributed by atoms with E-state index in [0.717, 1.165) is 5.56 Å². The Morgan fingerprint density at radius 1 is 1.12 bits per heavy atom. The first-order chi connectivity index (χ1) is 15.7. The van der Waals surface area contributed by atoms with E-state index in [1.54, 1.807) is 18.5 Å². The molecule has 3 aromatic heterocycles. The molecule has 164 valence electrons. The highest BCUT2D eigenvalue weighted by Crippen LogP contribution is 2.36. The van der Waals surface area contributed by atoms with Gasteiger partial charge in [-0.25, -0.2) is 4.39 Å². The molecule has 11 heteroatoms. The molecule has 32 heavy (non-hydrogen) atoms. The number of thioether (sulfide) groups is 1. The summed E-state index contributed by atoms with van der Waals surface area (Å²) in [5.74, 6) is 1.25. The lowest BCUT2D eigenvalue weighted by Gasteiger charge is -2.28. The lowest BCUT2D eigenvalue weighted by Crippen LogP contribution is -2.37. The molecule has 0 radical (unpaired) electrons. The van der Waals surface area contributed by atoms with Crippen LogP contribution in [0.1, 0.15) is 18.1 Å². The van der Waals surface area contributed by atoms with Gasteiger partial charge in [0.25, 0.3) is 0 Å². The minimum Gasteiger partial charge on any atom is -0.378 e. The van der Waals surface area contributed by atoms with Crippen LogP contribution < -0.4 is 4.90 Å². The molecule has 0 bridgehead atoms. The molecule has 1 aromatic carbocycles. The largest absolute Gasteiger partial charge is 0.378 e. The van der Waals surface area contributed by atoms with E-state index in [2.05, 4.69) is 30.2 Å². The smallest absolute Gasteiger partial charge is 0.240 e. The fraction of sp³-hybridized carbons (Fsp3) is 0.286. The zero-order valence-corrected chi connectivity index (χ0v) is 18.1. The third kappa shape index (κ3) is 4.21. The SMILES string of the molecule is CC(Sc1nnc(N2CCOCC2)n1-c1cccc(F)c1)c1nc(-c2cccnc2)no1. The first-order valence-corrected chi connectivity index (χ1v) is 11.0. The van der Waals surface area contributed by atoms with Gasteiger partial charge in [-0.05, 0) is 37.3 Å². The van der Waals surface area contributed by atoms with Gasteiger partial charge in [0, 0.05) is 31.0 Å². The Balaban J connectivity index is 1.45. The van der Waals surface area contributed by atoms with Crippen LogP contribution in [0.15, 0.2) is 58.5 Å². The topological polar surface area (TPSA) is 95.0 Å². The van der Waals surface area contributed by atoms with Crippen LogP contribution in [0.2, 0.25) is 0 Å². The van der Waals surface area contributed by atoms with Crippen LogP contribution in [-0.4, -0.2) is 56.2 Å². The van der Waals surface area contributed by atoms with Crippen molar-refractivity contribution in [2.45, 2.75) is 17.3 Å². The van der Waals surface area contributed by atoms with Gasteiger partial charge in [-0.1, -0.05) is 23.0 Å². The van der Waals surface area contributed by atoms with Crippen molar-refractivity contribution in [2.24, 2.45) is 0 Å². The Hall–Kier alpha value is -3.31. The molecule has 0 aliphatic carbocycles. The van der Waals surface area contributed by atoms with Crippen molar-refractivity contribution in [3.8, 4) is 17.1 Å². The summed E-state index contributed by atoms with van der Waals surface area (Å²) in [6, 6.07) is 10.1. The highest BCUT2D eigenvalue weighted by Gasteiger charge is 2.25. The van der Waals surface area contributed by atoms with Crippen molar-refractivity contribution in [1.29, 1.82) is 0 Å². The molecule has 5 rings (SSSR count). The van der Waals surface area contributed by atoms with Gasteiger partial charge in [0.05, 0.1) is 24.2 Å². The highest BCUT2D eigenvalue weighted by atomic mass is 32.2. The Bertz CT molecular complexity index is 1190. The summed E-state index contributed by atoms with van der Waals surface area (Å²) in [5.41, 5.74) is 1.42. The Kier molecular flexibility index (Phi) is 5.82. The molecular formula is C21H20FN7O2S. The van der Waals surface area contributed by atoms with Crippen LogP contribution in [0.3, 0.4) is 0 Å². The van der Waals surface area contributed by atoms with E-state index in [1.807, 2.05) is 29.7 Å². The number of hydrogen-bond donors (Lipinski definition) is 0. The quantitative estimate of drug-likeness (QED) is 0.406. The van der Waals surface area contributed by atoms with Crippen molar-refractivity contribution in [1.82, 2.24) is 29.9 Å². The molecular weight excluding hydrogens is 433 g/mol. The van der Waals surface area contributed by atoms with Crippen LogP contribution in [-0.2, 0) is 4.74 Å². The van der Waals surface area contributed by atoms with Crippen LogP contribution in [0, 0.1) is 5.82 Å². The summed E-state index contributed by atoms with van der Waals surface area (Å²) in [5, 5.41) is 13.3. The van der Waals surface area contributed by atoms with Gasteiger partial charge in [-0.2, -0.15) is 4.98 Å². The Morgan fingerprint density at radius 3 is 2.78 bits per heavy atom. The van der Waals surface area contributed by atoms with Gasteiger partial charge in [-0.3, -0.25) is 9.55 Å². The second-order valence-corrected chi connectivity index (χ2v) is 8.46. The maximum absolute atomic E-state index is 14.0. The van der Waals surface area contributed by atoms with Gasteiger partial charge in [0.1, 0.15) is 5.82 Å². The molecule has 0 saturated carbocycles. The maximum Gasteiger partial charge on any atom is 0.240 e. The summed E-state index contributed by atoms with van der Waals surface area (Å²) in [7, 11) is 0. The third-order valence-corrected chi connectivity index (χ3v) is 6.00. The fourth-order valence-corrected chi connectivity index (χ4v) is 4.26. The van der Waals surface area contributed by atoms with E-state index in [4.69, 9.17) is 9.26 Å². The summed E-state index contributed by atoms with van der Waals surface area (Å²) < 4.78 is 26.8. The first kappa shape index (κ1) is 20.6. The van der Waals surface area contributed by atoms with Gasteiger partial charge in [0.2, 0.25) is 17.7 Å². The molecule has 9 nitrogen and oxygen atoms in total. The molecule has 0 spiro atoms. The zero-order chi connectivity index (χ0) is 21.9. The average molecular weight is 454 g/mol. The number of rotatable bonds is 6. The molecule has 4 aromatic rings. The van der Waals surface area contributed by atoms with Crippen LogP contribution >= 0.6 is 11.8 Å². The minimum absolute atomic E-state index is 0.207. The third-order valence-electron chi connectivity index (χ3n) is 4.97. The molecule has 0 N–H and O–H groups in total. The van der Waals surface area contributed by atoms with Crippen LogP contribution in [0.5, 0.6) is 0 Å². The highest BCUT2D eigenvalue weighted by molar-refractivity contribution is 7.99. The molecule has 1 aliphatic rings. The Labute approximate surface area is 187 Å². The number of pyridine rings is 1. The Morgan fingerprint density at radius 2 is 2.00 bits per heavy atom. The predicted molar refractivity (Wildman–Crippen MR) is 116 cm³/mol. The normalized spacial score (nSPS) is 15.1. The number of benzene rings is 1. The fourth-order valence-electron chi connectivity index (χ4n) is 3.37. The van der Waals surface area contributed by atoms with E-state index >= 15 is 0 Å². The average Bonchev–Trinajstić information content (AvgIpc) is 3.48. The summed E-state index contributed by atoms with van der Waals surface area (Å²) in [6.07, 6.45) is 3.37. The lowest BCUT2D eigenvalue weighted by molar-refractivity contribution is 0.122. The molecule has 1 fully saturated rings. The number of hydrogen-bond acceptors (Lipinski definition) is 9. The van der Waals surface area contributed by atoms with E-state index in [9.17, 15) is 4.39 Å². The number of morpholine rings is 1. The number of aromatic nitrogens is 6. The van der Waals surface area contributed by atoms with E-state index in [0.29, 0.717) is 54.8 Å². The maximum atomic E-state index is 14.0. The van der Waals surface area contributed by atoms with Crippen molar-refractivity contribution < 1.29 is 13.7 Å². The molecule has 1 aliphatic heterocycles. The lowest BCUT2D eigenvalue weighted by atomic mass is 10.3. The molecule has 4 heterocycles. The van der Waals surface area contributed by atoms with E-state index < -0.39 is 0 Å². The number of ether oxygens (including phenoxy) is 1. The molecule has 1 saturated heterocycles. The van der Waals surface area contributed by atoms with Crippen LogP contribution in [0.4, 0.5) is 10.3 Å². The predicted octanol–water partition coefficient (Wildman–Crippen LogP) is 3.54. The zero-order valence-electron chi connectivity index (χ0n) is 17.3. The van der Waals surface area contributed by atoms with Crippen molar-refractivity contribution >= 4 is 17.7 Å². The van der Waals surface area contributed by atoms with Crippen LogP contribution in [0.25, 0.3) is 17.1 Å². The van der Waals surface area contributed by atoms with Gasteiger partial charge >= 0.3 is 0 Å². The summed E-state index contributed by atoms with van der Waals surface area (Å²) >= 11 is 1.41. The second kappa shape index (κ2) is 9.05. The van der Waals surface area contributed by atoms with Gasteiger partial charge in [-0.15, -0.1) is 10.2 Å². The van der Waals surface area contributed by atoms with Crippen molar-refractivity contribution in [2.75, 3.05) is 31.2 Å². The second-order valence-electron chi connectivity index (χ2n) is 7.16. The van der Waals surface area contributed by atoms with Crippen molar-refractivity contribution in [3.63, 3.8) is 0 Å². The van der Waals surface area contributed by atoms with E-state index in [-0.39, 0.29) is 11.1 Å². The van der Waals surface area contributed by atoms with Gasteiger partial charge < -0.3 is 14.2 Å². The summed E-state index contributed by atoms with van der Waals surface area (Å²) in [4.78, 5) is 10.7. The van der Waals surface area contributed by atoms with Gasteiger partial charge in [0.15, 0.2) is 5.16 Å². The monoisotopic (exact) mass is 453 g/mol. The molecule has 0 amide bonds. The van der Waals surface area contributed by atoms with Crippen molar-refractivity contribution in [3.05, 3.63) is 60.5 Å². The molecule has 1 unspecified atom stereocenters.